The first-order valence-electron chi connectivity index (χ1n) is 13.2. The van der Waals surface area contributed by atoms with E-state index in [2.05, 4.69) is 16.0 Å². The van der Waals surface area contributed by atoms with Gasteiger partial charge in [-0.1, -0.05) is 56.3 Å². The van der Waals surface area contributed by atoms with E-state index in [0.717, 1.165) is 11.1 Å². The lowest BCUT2D eigenvalue weighted by Gasteiger charge is -2.27. The molecule has 8 heteroatoms. The molecule has 3 N–H and O–H groups in total. The molecule has 2 aromatic carbocycles. The van der Waals surface area contributed by atoms with Gasteiger partial charge in [-0.15, -0.1) is 0 Å². The minimum Gasteiger partial charge on any atom is -0.489 e. The predicted octanol–water partition coefficient (Wildman–Crippen LogP) is 4.76. The molecule has 0 radical (unpaired) electrons. The Kier molecular flexibility index (Phi) is 11.6. The maximum Gasteiger partial charge on any atom is 0.329 e. The van der Waals surface area contributed by atoms with Crippen LogP contribution in [0, 0.1) is 5.92 Å². The topological polar surface area (TPSA) is 106 Å². The molecule has 8 nitrogen and oxygen atoms in total. The normalized spacial score (nSPS) is 13.0. The molecule has 0 fully saturated rings. The average molecular weight is 526 g/mol. The summed E-state index contributed by atoms with van der Waals surface area (Å²) in [5, 5.41) is 8.31. The van der Waals surface area contributed by atoms with Gasteiger partial charge in [-0.3, -0.25) is 4.79 Å². The van der Waals surface area contributed by atoms with E-state index in [4.69, 9.17) is 9.47 Å². The van der Waals surface area contributed by atoms with Gasteiger partial charge >= 0.3 is 12.0 Å². The lowest BCUT2D eigenvalue weighted by molar-refractivity contribution is -0.158. The number of hydrogen-bond acceptors (Lipinski definition) is 5. The van der Waals surface area contributed by atoms with Gasteiger partial charge in [0.2, 0.25) is 5.91 Å². The van der Waals surface area contributed by atoms with E-state index in [0.29, 0.717) is 18.8 Å². The molecule has 0 aliphatic heterocycles. The van der Waals surface area contributed by atoms with Crippen LogP contribution in [0.15, 0.2) is 54.6 Å². The molecule has 2 aromatic rings. The molecule has 2 atom stereocenters. The molecule has 208 valence electrons. The zero-order chi connectivity index (χ0) is 28.3. The number of benzene rings is 2. The number of ether oxygens (including phenoxy) is 2. The van der Waals surface area contributed by atoms with Crippen LogP contribution in [0.3, 0.4) is 0 Å². The number of carbonyl (C=O) groups is 3. The largest absolute Gasteiger partial charge is 0.489 e. The smallest absolute Gasteiger partial charge is 0.329 e. The summed E-state index contributed by atoms with van der Waals surface area (Å²) in [6, 6.07) is 15.1. The monoisotopic (exact) mass is 525 g/mol. The molecular formula is C30H43N3O5. The summed E-state index contributed by atoms with van der Waals surface area (Å²) >= 11 is 0. The van der Waals surface area contributed by atoms with Gasteiger partial charge < -0.3 is 25.4 Å². The summed E-state index contributed by atoms with van der Waals surface area (Å²) in [5.41, 5.74) is 1.18. The number of hydrogen-bond donors (Lipinski definition) is 3. The van der Waals surface area contributed by atoms with E-state index < -0.39 is 35.6 Å². The molecule has 0 spiro atoms. The molecule has 0 aromatic heterocycles. The summed E-state index contributed by atoms with van der Waals surface area (Å²) < 4.78 is 11.5. The zero-order valence-corrected chi connectivity index (χ0v) is 23.7. The highest BCUT2D eigenvalue weighted by Crippen LogP contribution is 2.17. The Balaban J connectivity index is 2.14. The highest BCUT2D eigenvalue weighted by Gasteiger charge is 2.30. The fraction of sp³-hybridized carbons (Fsp3) is 0.500. The van der Waals surface area contributed by atoms with E-state index >= 15 is 0 Å². The number of urea groups is 1. The van der Waals surface area contributed by atoms with Crippen molar-refractivity contribution in [1.82, 2.24) is 16.0 Å². The van der Waals surface area contributed by atoms with E-state index in [1.807, 2.05) is 82.3 Å². The van der Waals surface area contributed by atoms with Crippen LogP contribution in [0.5, 0.6) is 5.75 Å². The number of nitrogens with one attached hydrogen (secondary N) is 3. The Morgan fingerprint density at radius 2 is 1.42 bits per heavy atom. The molecule has 0 aliphatic carbocycles. The van der Waals surface area contributed by atoms with E-state index in [1.165, 1.54) is 0 Å². The van der Waals surface area contributed by atoms with Crippen LogP contribution in [-0.2, 0) is 27.4 Å². The minimum atomic E-state index is -0.928. The molecule has 0 heterocycles. The van der Waals surface area contributed by atoms with E-state index in [1.54, 1.807) is 20.8 Å². The zero-order valence-electron chi connectivity index (χ0n) is 23.7. The van der Waals surface area contributed by atoms with Gasteiger partial charge in [-0.05, 0) is 70.2 Å². The van der Waals surface area contributed by atoms with Crippen molar-refractivity contribution in [2.75, 3.05) is 0 Å². The number of esters is 1. The summed E-state index contributed by atoms with van der Waals surface area (Å²) in [4.78, 5) is 38.7. The molecule has 0 saturated carbocycles. The lowest BCUT2D eigenvalue weighted by Crippen LogP contribution is -2.55. The Bertz CT molecular complexity index is 1030. The molecule has 0 aliphatic rings. The van der Waals surface area contributed by atoms with Gasteiger partial charge in [0, 0.05) is 12.5 Å². The summed E-state index contributed by atoms with van der Waals surface area (Å²) in [5.74, 6) is -0.122. The van der Waals surface area contributed by atoms with Crippen LogP contribution in [0.2, 0.25) is 0 Å². The van der Waals surface area contributed by atoms with Crippen molar-refractivity contribution < 1.29 is 23.9 Å². The van der Waals surface area contributed by atoms with E-state index in [-0.39, 0.29) is 18.4 Å². The fourth-order valence-corrected chi connectivity index (χ4v) is 3.70. The fourth-order valence-electron chi connectivity index (χ4n) is 3.70. The Morgan fingerprint density at radius 1 is 0.789 bits per heavy atom. The second kappa shape index (κ2) is 14.4. The van der Waals surface area contributed by atoms with Crippen molar-refractivity contribution in [3.05, 3.63) is 65.7 Å². The molecule has 0 saturated heterocycles. The summed E-state index contributed by atoms with van der Waals surface area (Å²) in [7, 11) is 0. The molecule has 38 heavy (non-hydrogen) atoms. The van der Waals surface area contributed by atoms with Crippen LogP contribution in [-0.4, -0.2) is 41.6 Å². The molecule has 0 bridgehead atoms. The van der Waals surface area contributed by atoms with Gasteiger partial charge in [0.15, 0.2) is 0 Å². The van der Waals surface area contributed by atoms with Crippen molar-refractivity contribution in [3.8, 4) is 5.75 Å². The minimum absolute atomic E-state index is 0.0769. The Labute approximate surface area is 226 Å². The maximum atomic E-state index is 13.3. The number of carbonyl (C=O) groups excluding carboxylic acids is 3. The van der Waals surface area contributed by atoms with Crippen molar-refractivity contribution >= 4 is 17.9 Å². The summed E-state index contributed by atoms with van der Waals surface area (Å²) in [6.07, 6.45) is 0.651. The molecule has 2 rings (SSSR count). The van der Waals surface area contributed by atoms with Gasteiger partial charge in [-0.25, -0.2) is 9.59 Å². The third kappa shape index (κ3) is 11.7. The van der Waals surface area contributed by atoms with Crippen LogP contribution in [0.25, 0.3) is 0 Å². The quantitative estimate of drug-likeness (QED) is 0.347. The molecule has 3 amide bonds. The first-order valence-corrected chi connectivity index (χ1v) is 13.2. The maximum absolute atomic E-state index is 13.3. The van der Waals surface area contributed by atoms with Crippen molar-refractivity contribution in [1.29, 1.82) is 0 Å². The van der Waals surface area contributed by atoms with Gasteiger partial charge in [0.1, 0.15) is 30.0 Å². The predicted molar refractivity (Wildman–Crippen MR) is 149 cm³/mol. The average Bonchev–Trinajstić information content (AvgIpc) is 2.81. The van der Waals surface area contributed by atoms with Crippen LogP contribution in [0.4, 0.5) is 4.79 Å². The van der Waals surface area contributed by atoms with Gasteiger partial charge in [0.05, 0.1) is 0 Å². The first-order chi connectivity index (χ1) is 17.8. The lowest BCUT2D eigenvalue weighted by atomic mass is 10.0. The van der Waals surface area contributed by atoms with Crippen LogP contribution >= 0.6 is 0 Å². The standard InChI is InChI=1S/C30H43N3O5/c1-20(2)17-25(33-29(36)31-21(3)4)27(34)32-26(28(35)38-30(5,6)7)18-22-13-15-24(16-14-22)37-19-23-11-9-8-10-12-23/h8-16,20-21,25-26H,17-19H2,1-7H3,(H,32,34)(H2,31,33,36). The first kappa shape index (κ1) is 30.7. The third-order valence-corrected chi connectivity index (χ3v) is 5.37. The van der Waals surface area contributed by atoms with Gasteiger partial charge in [0.25, 0.3) is 0 Å². The highest BCUT2D eigenvalue weighted by molar-refractivity contribution is 5.90. The van der Waals surface area contributed by atoms with E-state index in [9.17, 15) is 14.4 Å². The molecular weight excluding hydrogens is 482 g/mol. The van der Waals surface area contributed by atoms with Crippen molar-refractivity contribution in [2.24, 2.45) is 5.92 Å². The number of rotatable bonds is 12. The summed E-state index contributed by atoms with van der Waals surface area (Å²) in [6.45, 7) is 13.4. The van der Waals surface area contributed by atoms with Gasteiger partial charge in [-0.2, -0.15) is 0 Å². The Morgan fingerprint density at radius 3 is 1.97 bits per heavy atom. The van der Waals surface area contributed by atoms with Crippen LogP contribution in [0.1, 0.15) is 66.0 Å². The number of amides is 3. The highest BCUT2D eigenvalue weighted by atomic mass is 16.6. The second-order valence-electron chi connectivity index (χ2n) is 11.2. The van der Waals surface area contributed by atoms with Crippen molar-refractivity contribution in [3.63, 3.8) is 0 Å². The SMILES string of the molecule is CC(C)CC(NC(=O)NC(C)C)C(=O)NC(Cc1ccc(OCc2ccccc2)cc1)C(=O)OC(C)(C)C. The second-order valence-corrected chi connectivity index (χ2v) is 11.2. The van der Waals surface area contributed by atoms with Crippen LogP contribution < -0.4 is 20.7 Å². The van der Waals surface area contributed by atoms with Crippen molar-refractivity contribution in [2.45, 2.75) is 91.6 Å². The third-order valence-electron chi connectivity index (χ3n) is 5.37. The molecule has 2 unspecified atom stereocenters. The Hall–Kier alpha value is -3.55.